The molecule has 170 valence electrons. The summed E-state index contributed by atoms with van der Waals surface area (Å²) >= 11 is 5.76. The van der Waals surface area contributed by atoms with Crippen molar-refractivity contribution in [3.05, 3.63) is 81.1 Å². The van der Waals surface area contributed by atoms with Gasteiger partial charge in [-0.1, -0.05) is 55.8 Å². The Labute approximate surface area is 196 Å². The zero-order chi connectivity index (χ0) is 23.1. The van der Waals surface area contributed by atoms with Gasteiger partial charge >= 0.3 is 0 Å². The monoisotopic (exact) mass is 450 g/mol. The van der Waals surface area contributed by atoms with E-state index in [-0.39, 0.29) is 5.56 Å². The molecule has 0 radical (unpaired) electrons. The number of H-pyrrole nitrogens is 1. The smallest absolute Gasteiger partial charge is 0.253 e. The van der Waals surface area contributed by atoms with E-state index in [2.05, 4.69) is 65.1 Å². The van der Waals surface area contributed by atoms with Crippen molar-refractivity contribution < 1.29 is 0 Å². The van der Waals surface area contributed by atoms with Gasteiger partial charge in [0.25, 0.3) is 5.56 Å². The van der Waals surface area contributed by atoms with Gasteiger partial charge in [0, 0.05) is 25.2 Å². The predicted molar refractivity (Wildman–Crippen MR) is 138 cm³/mol. The summed E-state index contributed by atoms with van der Waals surface area (Å²) in [7, 11) is 0. The van der Waals surface area contributed by atoms with Gasteiger partial charge < -0.3 is 20.1 Å². The van der Waals surface area contributed by atoms with E-state index in [0.717, 1.165) is 48.2 Å². The molecule has 0 fully saturated rings. The lowest BCUT2D eigenvalue weighted by molar-refractivity contribution is 0.263. The Kier molecular flexibility index (Phi) is 8.42. The van der Waals surface area contributed by atoms with Gasteiger partial charge in [0.15, 0.2) is 5.11 Å². The molecule has 5 nitrogen and oxygen atoms in total. The standard InChI is InChI=1S/C26H34N4OS/c1-5-29(6-2)12-13-30(26(32)27-17-21-10-8-7-9-11-21)18-23-16-22-15-19(3)14-20(4)24(22)28-25(23)31/h7-11,14-16H,5-6,12-13,17-18H2,1-4H3,(H,27,32)(H,28,31). The van der Waals surface area contributed by atoms with Crippen LogP contribution in [-0.4, -0.2) is 46.1 Å². The molecular weight excluding hydrogens is 416 g/mol. The molecule has 1 aromatic heterocycles. The second-order valence-electron chi connectivity index (χ2n) is 8.26. The molecule has 0 unspecified atom stereocenters. The largest absolute Gasteiger partial charge is 0.358 e. The summed E-state index contributed by atoms with van der Waals surface area (Å²) < 4.78 is 0. The third-order valence-corrected chi connectivity index (χ3v) is 6.29. The number of nitrogens with one attached hydrogen (secondary N) is 2. The number of thiocarbonyl (C=S) groups is 1. The Balaban J connectivity index is 1.83. The Bertz CT molecular complexity index is 1110. The highest BCUT2D eigenvalue weighted by atomic mass is 32.1. The number of hydrogen-bond acceptors (Lipinski definition) is 3. The fraction of sp³-hybridized carbons (Fsp3) is 0.385. The molecule has 1 heterocycles. The predicted octanol–water partition coefficient (Wildman–Crippen LogP) is 4.36. The van der Waals surface area contributed by atoms with Gasteiger partial charge in [0.2, 0.25) is 0 Å². The van der Waals surface area contributed by atoms with Crippen molar-refractivity contribution in [2.24, 2.45) is 0 Å². The highest BCUT2D eigenvalue weighted by molar-refractivity contribution is 7.80. The molecule has 0 aliphatic rings. The van der Waals surface area contributed by atoms with E-state index in [1.165, 1.54) is 11.1 Å². The van der Waals surface area contributed by atoms with Crippen molar-refractivity contribution in [2.75, 3.05) is 26.2 Å². The van der Waals surface area contributed by atoms with Crippen LogP contribution in [0.5, 0.6) is 0 Å². The maximum atomic E-state index is 12.9. The van der Waals surface area contributed by atoms with Crippen LogP contribution in [0.2, 0.25) is 0 Å². The van der Waals surface area contributed by atoms with Crippen molar-refractivity contribution in [3.63, 3.8) is 0 Å². The zero-order valence-corrected chi connectivity index (χ0v) is 20.4. The Morgan fingerprint density at radius 2 is 1.75 bits per heavy atom. The number of likely N-dealkylation sites (N-methyl/N-ethyl adjacent to an activating group) is 1. The van der Waals surface area contributed by atoms with Crippen molar-refractivity contribution >= 4 is 28.2 Å². The number of fused-ring (bicyclic) bond motifs is 1. The molecule has 3 aromatic rings. The van der Waals surface area contributed by atoms with E-state index in [4.69, 9.17) is 12.2 Å². The van der Waals surface area contributed by atoms with Gasteiger partial charge in [-0.15, -0.1) is 0 Å². The van der Waals surface area contributed by atoms with Crippen LogP contribution >= 0.6 is 12.2 Å². The number of rotatable bonds is 9. The summed E-state index contributed by atoms with van der Waals surface area (Å²) in [6.07, 6.45) is 0. The molecule has 0 saturated heterocycles. The van der Waals surface area contributed by atoms with Crippen LogP contribution in [0.25, 0.3) is 10.9 Å². The maximum Gasteiger partial charge on any atom is 0.253 e. The molecule has 0 bridgehead atoms. The second kappa shape index (κ2) is 11.2. The summed E-state index contributed by atoms with van der Waals surface area (Å²) in [5.74, 6) is 0. The fourth-order valence-electron chi connectivity index (χ4n) is 3.99. The summed E-state index contributed by atoms with van der Waals surface area (Å²) in [4.78, 5) is 20.5. The minimum atomic E-state index is -0.0526. The van der Waals surface area contributed by atoms with E-state index in [1.54, 1.807) is 0 Å². The number of pyridine rings is 1. The fourth-order valence-corrected chi connectivity index (χ4v) is 4.22. The first-order chi connectivity index (χ1) is 15.4. The number of aromatic nitrogens is 1. The summed E-state index contributed by atoms with van der Waals surface area (Å²) in [6, 6.07) is 16.4. The lowest BCUT2D eigenvalue weighted by Crippen LogP contribution is -2.44. The van der Waals surface area contributed by atoms with Crippen LogP contribution < -0.4 is 10.9 Å². The molecule has 0 saturated carbocycles. The van der Waals surface area contributed by atoms with Crippen molar-refractivity contribution in [2.45, 2.75) is 40.8 Å². The van der Waals surface area contributed by atoms with Crippen LogP contribution in [0.4, 0.5) is 0 Å². The van der Waals surface area contributed by atoms with Crippen molar-refractivity contribution in [3.8, 4) is 0 Å². The molecular formula is C26H34N4OS. The number of benzene rings is 2. The van der Waals surface area contributed by atoms with Crippen molar-refractivity contribution in [1.29, 1.82) is 0 Å². The number of hydrogen-bond donors (Lipinski definition) is 2. The summed E-state index contributed by atoms with van der Waals surface area (Å²) in [5.41, 5.74) is 5.03. The Morgan fingerprint density at radius 1 is 1.03 bits per heavy atom. The summed E-state index contributed by atoms with van der Waals surface area (Å²) in [5, 5.41) is 5.11. The zero-order valence-electron chi connectivity index (χ0n) is 19.6. The number of nitrogens with zero attached hydrogens (tertiary/aromatic N) is 2. The average Bonchev–Trinajstić information content (AvgIpc) is 2.79. The minimum absolute atomic E-state index is 0.0526. The minimum Gasteiger partial charge on any atom is -0.358 e. The van der Waals surface area contributed by atoms with Crippen LogP contribution in [0, 0.1) is 13.8 Å². The van der Waals surface area contributed by atoms with Gasteiger partial charge in [0.1, 0.15) is 0 Å². The first-order valence-electron chi connectivity index (χ1n) is 11.3. The maximum absolute atomic E-state index is 12.9. The van der Waals surface area contributed by atoms with Gasteiger partial charge in [-0.3, -0.25) is 4.79 Å². The van der Waals surface area contributed by atoms with Gasteiger partial charge in [0.05, 0.1) is 12.1 Å². The molecule has 0 spiro atoms. The van der Waals surface area contributed by atoms with Gasteiger partial charge in [-0.2, -0.15) is 0 Å². The first-order valence-corrected chi connectivity index (χ1v) is 11.7. The van der Waals surface area contributed by atoms with Crippen LogP contribution in [0.3, 0.4) is 0 Å². The lowest BCUT2D eigenvalue weighted by Gasteiger charge is -2.29. The van der Waals surface area contributed by atoms with Gasteiger partial charge in [-0.05, 0) is 67.8 Å². The topological polar surface area (TPSA) is 51.4 Å². The van der Waals surface area contributed by atoms with Crippen LogP contribution in [-0.2, 0) is 13.1 Å². The van der Waals surface area contributed by atoms with Crippen LogP contribution in [0.15, 0.2) is 53.3 Å². The molecule has 3 rings (SSSR count). The van der Waals surface area contributed by atoms with E-state index >= 15 is 0 Å². The molecule has 32 heavy (non-hydrogen) atoms. The van der Waals surface area contributed by atoms with Gasteiger partial charge in [-0.25, -0.2) is 0 Å². The van der Waals surface area contributed by atoms with Crippen LogP contribution in [0.1, 0.15) is 36.1 Å². The van der Waals surface area contributed by atoms with E-state index < -0.39 is 0 Å². The molecule has 0 aliphatic carbocycles. The highest BCUT2D eigenvalue weighted by Crippen LogP contribution is 2.18. The molecule has 0 atom stereocenters. The SMILES string of the molecule is CCN(CC)CCN(Cc1cc2cc(C)cc(C)c2[nH]c1=O)C(=S)NCc1ccccc1. The van der Waals surface area contributed by atoms with Crippen molar-refractivity contribution in [1.82, 2.24) is 20.1 Å². The Morgan fingerprint density at radius 3 is 2.44 bits per heavy atom. The third kappa shape index (κ3) is 6.17. The number of aromatic amines is 1. The molecule has 0 amide bonds. The molecule has 2 N–H and O–H groups in total. The Hall–Kier alpha value is -2.70. The van der Waals surface area contributed by atoms with E-state index in [0.29, 0.717) is 18.2 Å². The molecule has 0 aliphatic heterocycles. The first kappa shape index (κ1) is 24.0. The van der Waals surface area contributed by atoms with E-state index in [9.17, 15) is 4.79 Å². The second-order valence-corrected chi connectivity index (χ2v) is 8.65. The third-order valence-electron chi connectivity index (χ3n) is 5.89. The molecule has 6 heteroatoms. The normalized spacial score (nSPS) is 11.2. The summed E-state index contributed by atoms with van der Waals surface area (Å²) in [6.45, 7) is 13.2. The lowest BCUT2D eigenvalue weighted by atomic mass is 10.1. The average molecular weight is 451 g/mol. The quantitative estimate of drug-likeness (QED) is 0.474. The van der Waals surface area contributed by atoms with E-state index in [1.807, 2.05) is 31.2 Å². The highest BCUT2D eigenvalue weighted by Gasteiger charge is 2.15. The number of aryl methyl sites for hydroxylation is 2. The molecule has 2 aromatic carbocycles.